The van der Waals surface area contributed by atoms with E-state index < -0.39 is 106 Å². The number of alkyl halides is 3. The number of carbonyl (C=O) groups is 5. The Morgan fingerprint density at radius 1 is 0.821 bits per heavy atom. The van der Waals surface area contributed by atoms with E-state index in [4.69, 9.17) is 78.7 Å². The van der Waals surface area contributed by atoms with Crippen molar-refractivity contribution in [3.63, 3.8) is 0 Å². The van der Waals surface area contributed by atoms with Crippen molar-refractivity contribution in [2.45, 2.75) is 165 Å². The molecule has 0 bridgehead atoms. The van der Waals surface area contributed by atoms with Crippen molar-refractivity contribution in [3.05, 3.63) is 107 Å². The van der Waals surface area contributed by atoms with Crippen molar-refractivity contribution >= 4 is 94.7 Å². The highest BCUT2D eigenvalue weighted by Gasteiger charge is 2.46. The van der Waals surface area contributed by atoms with Gasteiger partial charge in [0.2, 0.25) is 9.70 Å². The molecule has 0 unspecified atom stereocenters. The van der Waals surface area contributed by atoms with Crippen molar-refractivity contribution in [2.24, 2.45) is 17.3 Å². The highest BCUT2D eigenvalue weighted by molar-refractivity contribution is 7.86. The van der Waals surface area contributed by atoms with Gasteiger partial charge in [-0.15, -0.1) is 0 Å². The molecule has 78 heavy (non-hydrogen) atoms. The van der Waals surface area contributed by atoms with Gasteiger partial charge in [0.15, 0.2) is 14.4 Å². The largest absolute Gasteiger partial charge is 0.495 e. The molecule has 3 aromatic rings. The van der Waals surface area contributed by atoms with E-state index in [1.54, 1.807) is 88.4 Å². The Balaban J connectivity index is 2.22. The summed E-state index contributed by atoms with van der Waals surface area (Å²) in [4.78, 5) is 68.5. The van der Waals surface area contributed by atoms with Crippen LogP contribution in [0.15, 0.2) is 89.8 Å². The monoisotopic (exact) mass is 1200 g/mol. The SMILES string of the molecule is COc1ccc(C[C@@H](NC(=O)/C=C/C[C@H](OC(=O)[C@H](CC(C)C)OC(=O)C(C)(C)CNC(=O)OC(C)(C)C)[C@H](C)[C@H](OS(=O)(=O)c2ccc(C)cc2)[C@H](O[Si](C)(C)C(C)(C)C)c2ccccc2)C(=O)OCC(Cl)(Cl)Cl)cc1Cl. The van der Waals surface area contributed by atoms with Gasteiger partial charge in [-0.05, 0) is 113 Å². The third-order valence-corrected chi connectivity index (χ3v) is 19.1. The second kappa shape index (κ2) is 28.8. The van der Waals surface area contributed by atoms with Crippen LogP contribution in [0.5, 0.6) is 5.75 Å². The number of rotatable bonds is 26. The highest BCUT2D eigenvalue weighted by Crippen LogP contribution is 2.44. The second-order valence-corrected chi connectivity index (χ2v) is 32.0. The van der Waals surface area contributed by atoms with Gasteiger partial charge in [-0.25, -0.2) is 14.4 Å². The Morgan fingerprint density at radius 3 is 1.97 bits per heavy atom. The van der Waals surface area contributed by atoms with Crippen LogP contribution in [0.3, 0.4) is 0 Å². The Bertz CT molecular complexity index is 2630. The normalized spacial score (nSPS) is 15.1. The minimum Gasteiger partial charge on any atom is -0.495 e. The summed E-state index contributed by atoms with van der Waals surface area (Å²) in [7, 11) is -5.97. The molecule has 22 heteroatoms. The van der Waals surface area contributed by atoms with E-state index in [0.29, 0.717) is 16.9 Å². The fourth-order valence-corrected chi connectivity index (χ4v) is 10.1. The predicted octanol–water partition coefficient (Wildman–Crippen LogP) is 12.1. The quantitative estimate of drug-likeness (QED) is 0.0191. The van der Waals surface area contributed by atoms with E-state index in [-0.39, 0.29) is 46.7 Å². The molecule has 0 heterocycles. The van der Waals surface area contributed by atoms with Crippen molar-refractivity contribution in [3.8, 4) is 5.75 Å². The van der Waals surface area contributed by atoms with Crippen LogP contribution in [-0.4, -0.2) is 101 Å². The minimum atomic E-state index is -4.60. The summed E-state index contributed by atoms with van der Waals surface area (Å²) in [6, 6.07) is 18.5. The first-order valence-corrected chi connectivity index (χ1v) is 31.3. The molecule has 2 amide bonds. The van der Waals surface area contributed by atoms with Gasteiger partial charge in [-0.1, -0.05) is 148 Å². The second-order valence-electron chi connectivity index (χ2n) is 22.7. The number of hydrogen-bond acceptors (Lipinski definition) is 14. The molecule has 3 aromatic carbocycles. The van der Waals surface area contributed by atoms with Gasteiger partial charge in [0.25, 0.3) is 10.1 Å². The van der Waals surface area contributed by atoms with E-state index in [0.717, 1.165) is 11.6 Å². The third kappa shape index (κ3) is 22.3. The van der Waals surface area contributed by atoms with Crippen LogP contribution in [0.4, 0.5) is 4.79 Å². The van der Waals surface area contributed by atoms with Gasteiger partial charge in [0, 0.05) is 25.3 Å². The lowest BCUT2D eigenvalue weighted by Crippen LogP contribution is -2.48. The summed E-state index contributed by atoms with van der Waals surface area (Å²) in [5.74, 6) is -4.50. The Kier molecular flexibility index (Phi) is 25.1. The number of carbonyl (C=O) groups excluding carboxylic acids is 5. The number of halogens is 4. The molecule has 3 rings (SSSR count). The van der Waals surface area contributed by atoms with Gasteiger partial charge in [-0.2, -0.15) is 8.42 Å². The van der Waals surface area contributed by atoms with Crippen LogP contribution in [0, 0.1) is 24.2 Å². The van der Waals surface area contributed by atoms with Crippen LogP contribution in [0.25, 0.3) is 0 Å². The smallest absolute Gasteiger partial charge is 0.407 e. The average molecular weight is 1210 g/mol. The lowest BCUT2D eigenvalue weighted by atomic mass is 9.89. The maximum atomic E-state index is 14.8. The zero-order valence-electron chi connectivity index (χ0n) is 47.3. The molecule has 0 aliphatic heterocycles. The Labute approximate surface area is 482 Å². The number of benzene rings is 3. The number of amides is 2. The van der Waals surface area contributed by atoms with Crippen molar-refractivity contribution < 1.29 is 64.7 Å². The fourth-order valence-electron chi connectivity index (χ4n) is 7.23. The van der Waals surface area contributed by atoms with Gasteiger partial charge in [-0.3, -0.25) is 13.8 Å². The van der Waals surface area contributed by atoms with E-state index in [1.807, 2.05) is 54.6 Å². The lowest BCUT2D eigenvalue weighted by molar-refractivity contribution is -0.180. The third-order valence-electron chi connectivity index (χ3n) is 12.7. The molecule has 0 saturated heterocycles. The zero-order chi connectivity index (χ0) is 59.2. The van der Waals surface area contributed by atoms with Crippen LogP contribution in [0.1, 0.15) is 112 Å². The first-order chi connectivity index (χ1) is 35.8. The number of ether oxygens (including phenoxy) is 5. The number of nitrogens with one attached hydrogen (secondary N) is 2. The van der Waals surface area contributed by atoms with Crippen molar-refractivity contribution in [2.75, 3.05) is 20.3 Å². The topological polar surface area (TPSA) is 208 Å². The Hall–Kier alpha value is -4.40. The van der Waals surface area contributed by atoms with E-state index in [1.165, 1.54) is 39.2 Å². The molecule has 6 atom stereocenters. The first kappa shape index (κ1) is 67.9. The van der Waals surface area contributed by atoms with E-state index >= 15 is 0 Å². The van der Waals surface area contributed by atoms with Crippen LogP contribution in [-0.2, 0) is 63.3 Å². The van der Waals surface area contributed by atoms with Crippen LogP contribution < -0.4 is 15.4 Å². The molecule has 2 N–H and O–H groups in total. The molecule has 16 nitrogen and oxygen atoms in total. The first-order valence-electron chi connectivity index (χ1n) is 25.5. The summed E-state index contributed by atoms with van der Waals surface area (Å²) in [5, 5.41) is 5.07. The van der Waals surface area contributed by atoms with Gasteiger partial charge < -0.3 is 38.7 Å². The molecular formula is C56H78Cl4N2O14SSi. The van der Waals surface area contributed by atoms with Crippen molar-refractivity contribution in [1.29, 1.82) is 0 Å². The van der Waals surface area contributed by atoms with E-state index in [9.17, 15) is 32.4 Å². The number of methoxy groups -OCH3 is 1. The summed E-state index contributed by atoms with van der Waals surface area (Å²) >= 11 is 24.1. The number of alkyl carbamates (subject to hydrolysis) is 1. The Morgan fingerprint density at radius 2 is 1.44 bits per heavy atom. The maximum absolute atomic E-state index is 14.8. The molecule has 0 aliphatic carbocycles. The zero-order valence-corrected chi connectivity index (χ0v) is 52.1. The summed E-state index contributed by atoms with van der Waals surface area (Å²) in [5.41, 5.74) is -0.287. The summed E-state index contributed by atoms with van der Waals surface area (Å²) in [6.07, 6.45) is -4.02. The van der Waals surface area contributed by atoms with Gasteiger partial charge in [0.05, 0.1) is 28.5 Å². The average Bonchev–Trinajstić information content (AvgIpc) is 3.31. The molecule has 0 fully saturated rings. The summed E-state index contributed by atoms with van der Waals surface area (Å²) in [6.45, 7) is 24.5. The minimum absolute atomic E-state index is 0.00246. The molecule has 434 valence electrons. The lowest BCUT2D eigenvalue weighted by Gasteiger charge is -2.43. The van der Waals surface area contributed by atoms with Gasteiger partial charge >= 0.3 is 24.0 Å². The number of esters is 3. The molecule has 0 aliphatic rings. The molecule has 0 saturated carbocycles. The number of hydrogen-bond donors (Lipinski definition) is 2. The molecular weight excluding hydrogens is 1130 g/mol. The summed E-state index contributed by atoms with van der Waals surface area (Å²) < 4.78 is 68.8. The van der Waals surface area contributed by atoms with Crippen LogP contribution in [0.2, 0.25) is 23.2 Å². The molecule has 0 spiro atoms. The standard InChI is InChI=1S/C56H78Cl4N2O14SSi/c1-35(2)30-45(73-51(66)55(11,12)33-61-52(67)74-53(5,6)7)50(65)72-43(22-19-23-46(63)62-42(49(64)71-34-56(58,59)60)32-38-26-29-44(70-13)41(57)31-38)37(4)47(75-77(68,69)40-27-24-36(3)25-28-40)48(39-20-17-16-18-21-39)76-78(14,15)54(8,9)10/h16-21,23-29,31,35,37,42-43,45,47-48H,22,30,32-34H2,1-15H3,(H,61,67)(H,62,63)/b23-19+/t37-,42+,43-,45-,47-,48+/m0/s1. The van der Waals surface area contributed by atoms with Crippen LogP contribution >= 0.6 is 46.4 Å². The van der Waals surface area contributed by atoms with Gasteiger partial charge in [0.1, 0.15) is 36.2 Å². The predicted molar refractivity (Wildman–Crippen MR) is 306 cm³/mol. The van der Waals surface area contributed by atoms with Crippen molar-refractivity contribution in [1.82, 2.24) is 10.6 Å². The number of aryl methyl sites for hydroxylation is 1. The molecule has 0 aromatic heterocycles. The van der Waals surface area contributed by atoms with E-state index in [2.05, 4.69) is 10.6 Å². The fraction of sp³-hybridized carbons (Fsp3) is 0.554. The molecule has 0 radical (unpaired) electrons. The highest BCUT2D eigenvalue weighted by atomic mass is 35.6. The maximum Gasteiger partial charge on any atom is 0.407 e.